The van der Waals surface area contributed by atoms with Crippen molar-refractivity contribution in [1.29, 1.82) is 0 Å². The van der Waals surface area contributed by atoms with Crippen LogP contribution in [0.15, 0.2) is 18.2 Å². The highest BCUT2D eigenvalue weighted by Gasteiger charge is 2.43. The van der Waals surface area contributed by atoms with Crippen LogP contribution >= 0.6 is 0 Å². The first-order valence-electron chi connectivity index (χ1n) is 6.49. The van der Waals surface area contributed by atoms with Crippen molar-refractivity contribution in [3.63, 3.8) is 0 Å². The molecule has 0 atom stereocenters. The molecular weight excluding hydrogens is 266 g/mol. The average Bonchev–Trinajstić information content (AvgIpc) is 2.24. The molecule has 1 fully saturated rings. The van der Waals surface area contributed by atoms with Crippen LogP contribution in [0.3, 0.4) is 0 Å². The summed E-state index contributed by atoms with van der Waals surface area (Å²) in [4.78, 5) is 13.5. The van der Waals surface area contributed by atoms with Gasteiger partial charge in [-0.3, -0.25) is 9.69 Å². The fourth-order valence-corrected chi connectivity index (χ4v) is 2.23. The number of carbonyl (C=O) groups excluding carboxylic acids is 1. The first-order chi connectivity index (χ1) is 9.28. The second-order valence-electron chi connectivity index (χ2n) is 5.61. The zero-order valence-corrected chi connectivity index (χ0v) is 11.5. The van der Waals surface area contributed by atoms with Crippen molar-refractivity contribution in [3.8, 4) is 0 Å². The Labute approximate surface area is 116 Å². The largest absolute Gasteiger partial charge is 0.387 e. The van der Waals surface area contributed by atoms with Crippen molar-refractivity contribution in [2.45, 2.75) is 19.4 Å². The Kier molecular flexibility index (Phi) is 4.06. The van der Waals surface area contributed by atoms with Crippen molar-refractivity contribution in [2.24, 2.45) is 5.92 Å². The molecule has 1 aromatic carbocycles. The number of halogens is 2. The summed E-state index contributed by atoms with van der Waals surface area (Å²) in [5.41, 5.74) is -0.655. The number of likely N-dealkylation sites (tertiary alicyclic amines) is 1. The van der Waals surface area contributed by atoms with E-state index in [0.717, 1.165) is 18.2 Å². The smallest absolute Gasteiger partial charge is 0.238 e. The van der Waals surface area contributed by atoms with Gasteiger partial charge >= 0.3 is 0 Å². The molecule has 0 saturated carbocycles. The van der Waals surface area contributed by atoms with Gasteiger partial charge in [0.25, 0.3) is 0 Å². The fourth-order valence-electron chi connectivity index (χ4n) is 2.23. The van der Waals surface area contributed by atoms with E-state index in [1.807, 2.05) is 13.8 Å². The molecule has 4 nitrogen and oxygen atoms in total. The first-order valence-corrected chi connectivity index (χ1v) is 6.49. The zero-order chi connectivity index (χ0) is 14.9. The molecule has 1 heterocycles. The van der Waals surface area contributed by atoms with Crippen molar-refractivity contribution in [2.75, 3.05) is 25.0 Å². The summed E-state index contributed by atoms with van der Waals surface area (Å²) in [5.74, 6) is -1.71. The van der Waals surface area contributed by atoms with Crippen LogP contribution in [0.4, 0.5) is 14.5 Å². The number of rotatable bonds is 4. The van der Waals surface area contributed by atoms with Crippen LogP contribution in [0.25, 0.3) is 0 Å². The minimum atomic E-state index is -0.745. The van der Waals surface area contributed by atoms with Gasteiger partial charge in [-0.2, -0.15) is 0 Å². The van der Waals surface area contributed by atoms with Gasteiger partial charge in [-0.1, -0.05) is 13.8 Å². The van der Waals surface area contributed by atoms with Gasteiger partial charge in [0.1, 0.15) is 11.6 Å². The molecule has 1 aromatic rings. The molecule has 2 N–H and O–H groups in total. The normalized spacial score (nSPS) is 17.9. The van der Waals surface area contributed by atoms with E-state index in [-0.39, 0.29) is 24.1 Å². The first kappa shape index (κ1) is 14.9. The van der Waals surface area contributed by atoms with Crippen LogP contribution in [-0.2, 0) is 4.79 Å². The fraction of sp³-hybridized carbons (Fsp3) is 0.500. The Bertz CT molecular complexity index is 494. The third-order valence-corrected chi connectivity index (χ3v) is 3.58. The van der Waals surface area contributed by atoms with Gasteiger partial charge in [0.05, 0.1) is 12.1 Å². The second-order valence-corrected chi connectivity index (χ2v) is 5.61. The molecule has 20 heavy (non-hydrogen) atoms. The molecule has 0 radical (unpaired) electrons. The van der Waals surface area contributed by atoms with E-state index < -0.39 is 17.2 Å². The Hall–Kier alpha value is -1.53. The van der Waals surface area contributed by atoms with Gasteiger partial charge < -0.3 is 10.4 Å². The average molecular weight is 284 g/mol. The number of anilines is 1. The van der Waals surface area contributed by atoms with Crippen LogP contribution < -0.4 is 5.32 Å². The van der Waals surface area contributed by atoms with E-state index in [9.17, 15) is 18.7 Å². The quantitative estimate of drug-likeness (QED) is 0.883. The predicted molar refractivity (Wildman–Crippen MR) is 71.2 cm³/mol. The van der Waals surface area contributed by atoms with Crippen molar-refractivity contribution in [1.82, 2.24) is 4.90 Å². The van der Waals surface area contributed by atoms with Crippen LogP contribution in [0.5, 0.6) is 0 Å². The lowest BCUT2D eigenvalue weighted by molar-refractivity contribution is -0.139. The molecule has 0 unspecified atom stereocenters. The van der Waals surface area contributed by atoms with Gasteiger partial charge in [0.2, 0.25) is 5.91 Å². The SMILES string of the molecule is CC(C)C1(O)CN(CC(=O)Nc2cc(F)cc(F)c2)C1. The monoisotopic (exact) mass is 284 g/mol. The van der Waals surface area contributed by atoms with Crippen molar-refractivity contribution >= 4 is 11.6 Å². The summed E-state index contributed by atoms with van der Waals surface area (Å²) in [5, 5.41) is 12.5. The maximum atomic E-state index is 13.0. The number of nitrogens with one attached hydrogen (secondary N) is 1. The third-order valence-electron chi connectivity index (χ3n) is 3.58. The Morgan fingerprint density at radius 2 is 1.90 bits per heavy atom. The Morgan fingerprint density at radius 3 is 2.40 bits per heavy atom. The number of hydrogen-bond acceptors (Lipinski definition) is 3. The minimum absolute atomic E-state index is 0.0899. The molecule has 1 aliphatic rings. The number of β-amino-alcohol motifs (C(OH)–C–C–N with tert-alkyl or cyclic N) is 1. The standard InChI is InChI=1S/C14H18F2N2O2/c1-9(2)14(20)7-18(8-14)6-13(19)17-12-4-10(15)3-11(16)5-12/h3-5,9,20H,6-8H2,1-2H3,(H,17,19). The zero-order valence-electron chi connectivity index (χ0n) is 11.5. The number of hydrogen-bond donors (Lipinski definition) is 2. The van der Waals surface area contributed by atoms with Gasteiger partial charge in [-0.15, -0.1) is 0 Å². The predicted octanol–water partition coefficient (Wildman–Crippen LogP) is 1.61. The van der Waals surface area contributed by atoms with Crippen LogP contribution in [0.2, 0.25) is 0 Å². The van der Waals surface area contributed by atoms with E-state index in [1.165, 1.54) is 0 Å². The highest BCUT2D eigenvalue weighted by atomic mass is 19.1. The van der Waals surface area contributed by atoms with Crippen LogP contribution in [0.1, 0.15) is 13.8 Å². The third kappa shape index (κ3) is 3.32. The number of aliphatic hydroxyl groups is 1. The highest BCUT2D eigenvalue weighted by Crippen LogP contribution is 2.28. The maximum absolute atomic E-state index is 13.0. The molecule has 110 valence electrons. The summed E-state index contributed by atoms with van der Waals surface area (Å²) in [7, 11) is 0. The number of carbonyl (C=O) groups is 1. The van der Waals surface area contributed by atoms with E-state index in [4.69, 9.17) is 0 Å². The molecule has 1 amide bonds. The molecule has 2 rings (SSSR count). The van der Waals surface area contributed by atoms with Gasteiger partial charge in [0.15, 0.2) is 0 Å². The summed E-state index contributed by atoms with van der Waals surface area (Å²) in [6, 6.07) is 2.86. The van der Waals surface area contributed by atoms with Crippen LogP contribution in [0, 0.1) is 17.6 Å². The van der Waals surface area contributed by atoms with Gasteiger partial charge in [-0.25, -0.2) is 8.78 Å². The second kappa shape index (κ2) is 5.46. The highest BCUT2D eigenvalue weighted by molar-refractivity contribution is 5.92. The van der Waals surface area contributed by atoms with E-state index in [2.05, 4.69) is 5.32 Å². The van der Waals surface area contributed by atoms with E-state index in [0.29, 0.717) is 13.1 Å². The lowest BCUT2D eigenvalue weighted by atomic mass is 9.83. The minimum Gasteiger partial charge on any atom is -0.387 e. The van der Waals surface area contributed by atoms with E-state index in [1.54, 1.807) is 4.90 Å². The molecule has 1 saturated heterocycles. The topological polar surface area (TPSA) is 52.6 Å². The molecular formula is C14H18F2N2O2. The summed E-state index contributed by atoms with van der Waals surface area (Å²) in [6.07, 6.45) is 0. The number of amides is 1. The Balaban J connectivity index is 1.85. The summed E-state index contributed by atoms with van der Waals surface area (Å²) >= 11 is 0. The summed E-state index contributed by atoms with van der Waals surface area (Å²) < 4.78 is 25.9. The molecule has 1 aliphatic heterocycles. The maximum Gasteiger partial charge on any atom is 0.238 e. The summed E-state index contributed by atoms with van der Waals surface area (Å²) in [6.45, 7) is 4.79. The molecule has 0 aromatic heterocycles. The van der Waals surface area contributed by atoms with Crippen molar-refractivity contribution in [3.05, 3.63) is 29.8 Å². The molecule has 0 aliphatic carbocycles. The number of nitrogens with zero attached hydrogens (tertiary/aromatic N) is 1. The lowest BCUT2D eigenvalue weighted by Gasteiger charge is -2.48. The van der Waals surface area contributed by atoms with Gasteiger partial charge in [0, 0.05) is 24.8 Å². The molecule has 0 spiro atoms. The Morgan fingerprint density at radius 1 is 1.35 bits per heavy atom. The van der Waals surface area contributed by atoms with Crippen molar-refractivity contribution < 1.29 is 18.7 Å². The van der Waals surface area contributed by atoms with E-state index >= 15 is 0 Å². The lowest BCUT2D eigenvalue weighted by Crippen LogP contribution is -2.65. The van der Waals surface area contributed by atoms with Crippen LogP contribution in [-0.4, -0.2) is 41.1 Å². The van der Waals surface area contributed by atoms with Gasteiger partial charge in [-0.05, 0) is 18.1 Å². The number of benzene rings is 1. The molecule has 0 bridgehead atoms. The molecule has 6 heteroatoms.